The monoisotopic (exact) mass is 405 g/mol. The molecule has 2 aromatic carbocycles. The summed E-state index contributed by atoms with van der Waals surface area (Å²) in [6, 6.07) is 17.1. The van der Waals surface area contributed by atoms with Crippen LogP contribution in [0.15, 0.2) is 63.0 Å². The van der Waals surface area contributed by atoms with Gasteiger partial charge < -0.3 is 0 Å². The fourth-order valence-corrected chi connectivity index (χ4v) is 3.17. The van der Waals surface area contributed by atoms with E-state index in [-0.39, 0.29) is 0 Å². The Morgan fingerprint density at radius 2 is 1.52 bits per heavy atom. The molecule has 1 heterocycles. The standard InChI is InChI=1S/C18H17Br2N/c19-17-5-1-14(2-6-17)11-16-9-10-21(13-16)12-15-3-7-18(20)8-4-15/h1-8,11H,9-10,12-13H2/b16-11+. The van der Waals surface area contributed by atoms with E-state index in [9.17, 15) is 0 Å². The fraction of sp³-hybridized carbons (Fsp3) is 0.222. The topological polar surface area (TPSA) is 3.24 Å². The smallest absolute Gasteiger partial charge is 0.0237 e. The van der Waals surface area contributed by atoms with Crippen molar-refractivity contribution in [2.24, 2.45) is 0 Å². The first kappa shape index (κ1) is 15.0. The van der Waals surface area contributed by atoms with E-state index < -0.39 is 0 Å². The lowest BCUT2D eigenvalue weighted by molar-refractivity contribution is 0.337. The summed E-state index contributed by atoms with van der Waals surface area (Å²) >= 11 is 6.96. The fourth-order valence-electron chi connectivity index (χ4n) is 2.64. The molecule has 0 atom stereocenters. The molecular formula is C18H17Br2N. The summed E-state index contributed by atoms with van der Waals surface area (Å²) in [6.07, 6.45) is 3.50. The molecule has 0 amide bonds. The number of likely N-dealkylation sites (tertiary alicyclic amines) is 1. The van der Waals surface area contributed by atoms with Gasteiger partial charge in [-0.05, 0) is 41.8 Å². The van der Waals surface area contributed by atoms with Gasteiger partial charge in [0.2, 0.25) is 0 Å². The molecule has 1 aliphatic heterocycles. The lowest BCUT2D eigenvalue weighted by Gasteiger charge is -2.14. The number of halogens is 2. The molecule has 108 valence electrons. The second-order valence-electron chi connectivity index (χ2n) is 5.44. The molecule has 0 aliphatic carbocycles. The largest absolute Gasteiger partial charge is 0.295 e. The molecule has 1 saturated heterocycles. The van der Waals surface area contributed by atoms with Crippen molar-refractivity contribution < 1.29 is 0 Å². The molecule has 0 radical (unpaired) electrons. The van der Waals surface area contributed by atoms with E-state index >= 15 is 0 Å². The van der Waals surface area contributed by atoms with Crippen molar-refractivity contribution in [3.63, 3.8) is 0 Å². The van der Waals surface area contributed by atoms with Crippen LogP contribution in [0.1, 0.15) is 17.5 Å². The molecular weight excluding hydrogens is 390 g/mol. The third kappa shape index (κ3) is 4.29. The minimum absolute atomic E-state index is 1.03. The average Bonchev–Trinajstić information content (AvgIpc) is 2.91. The van der Waals surface area contributed by atoms with Crippen molar-refractivity contribution in [1.29, 1.82) is 0 Å². The van der Waals surface area contributed by atoms with Crippen LogP contribution in [0.2, 0.25) is 0 Å². The highest BCUT2D eigenvalue weighted by molar-refractivity contribution is 9.10. The molecule has 21 heavy (non-hydrogen) atoms. The summed E-state index contributed by atoms with van der Waals surface area (Å²) in [5.74, 6) is 0. The second-order valence-corrected chi connectivity index (χ2v) is 7.27. The van der Waals surface area contributed by atoms with E-state index in [0.717, 1.165) is 28.6 Å². The minimum Gasteiger partial charge on any atom is -0.295 e. The maximum Gasteiger partial charge on any atom is 0.0237 e. The van der Waals surface area contributed by atoms with E-state index in [1.54, 1.807) is 0 Å². The molecule has 1 aliphatic rings. The molecule has 0 N–H and O–H groups in total. The van der Waals surface area contributed by atoms with E-state index in [1.165, 1.54) is 23.1 Å². The van der Waals surface area contributed by atoms with Crippen LogP contribution >= 0.6 is 31.9 Å². The van der Waals surface area contributed by atoms with Gasteiger partial charge in [-0.2, -0.15) is 0 Å². The number of hydrogen-bond donors (Lipinski definition) is 0. The lowest BCUT2D eigenvalue weighted by Crippen LogP contribution is -2.18. The Bertz CT molecular complexity index is 629. The summed E-state index contributed by atoms with van der Waals surface area (Å²) < 4.78 is 2.27. The maximum atomic E-state index is 3.48. The molecule has 1 fully saturated rings. The normalized spacial score (nSPS) is 17.5. The van der Waals surface area contributed by atoms with Crippen molar-refractivity contribution >= 4 is 37.9 Å². The van der Waals surface area contributed by atoms with Crippen LogP contribution in [-0.4, -0.2) is 18.0 Å². The van der Waals surface area contributed by atoms with Crippen LogP contribution in [0.4, 0.5) is 0 Å². The highest BCUT2D eigenvalue weighted by Gasteiger charge is 2.16. The molecule has 0 unspecified atom stereocenters. The third-order valence-corrected chi connectivity index (χ3v) is 4.79. The number of hydrogen-bond acceptors (Lipinski definition) is 1. The van der Waals surface area contributed by atoms with Crippen LogP contribution in [0.25, 0.3) is 6.08 Å². The Labute approximate surface area is 142 Å². The van der Waals surface area contributed by atoms with E-state index in [2.05, 4.69) is 91.4 Å². The quantitative estimate of drug-likeness (QED) is 0.650. The molecule has 3 heteroatoms. The molecule has 0 saturated carbocycles. The number of nitrogens with zero attached hydrogens (tertiary/aromatic N) is 1. The molecule has 1 nitrogen and oxygen atoms in total. The molecule has 0 bridgehead atoms. The Morgan fingerprint density at radius 3 is 2.19 bits per heavy atom. The summed E-state index contributed by atoms with van der Waals surface area (Å²) in [4.78, 5) is 2.51. The van der Waals surface area contributed by atoms with Gasteiger partial charge >= 0.3 is 0 Å². The summed E-state index contributed by atoms with van der Waals surface area (Å²) in [5.41, 5.74) is 4.19. The highest BCUT2D eigenvalue weighted by atomic mass is 79.9. The van der Waals surface area contributed by atoms with Gasteiger partial charge in [-0.1, -0.05) is 67.8 Å². The SMILES string of the molecule is Brc1ccc(/C=C2\CCN(Cc3ccc(Br)cc3)C2)cc1. The Hall–Kier alpha value is -0.900. The zero-order chi connectivity index (χ0) is 14.7. The van der Waals surface area contributed by atoms with Crippen molar-refractivity contribution in [3.8, 4) is 0 Å². The third-order valence-electron chi connectivity index (χ3n) is 3.74. The molecule has 0 spiro atoms. The first-order chi connectivity index (χ1) is 10.2. The molecule has 0 aromatic heterocycles. The Balaban J connectivity index is 1.62. The summed E-state index contributed by atoms with van der Waals surface area (Å²) in [5, 5.41) is 0. The maximum absolute atomic E-state index is 3.48. The first-order valence-electron chi connectivity index (χ1n) is 7.11. The van der Waals surface area contributed by atoms with Crippen molar-refractivity contribution in [3.05, 3.63) is 74.2 Å². The molecule has 2 aromatic rings. The van der Waals surface area contributed by atoms with Gasteiger partial charge in [0, 0.05) is 28.6 Å². The predicted molar refractivity (Wildman–Crippen MR) is 96.2 cm³/mol. The van der Waals surface area contributed by atoms with Crippen LogP contribution in [0.3, 0.4) is 0 Å². The lowest BCUT2D eigenvalue weighted by atomic mass is 10.1. The second kappa shape index (κ2) is 6.91. The summed E-state index contributed by atoms with van der Waals surface area (Å²) in [6.45, 7) is 3.26. The van der Waals surface area contributed by atoms with Gasteiger partial charge in [0.05, 0.1) is 0 Å². The predicted octanol–water partition coefficient (Wildman–Crippen LogP) is 5.50. The highest BCUT2D eigenvalue weighted by Crippen LogP contribution is 2.22. The number of rotatable bonds is 3. The zero-order valence-corrected chi connectivity index (χ0v) is 14.9. The van der Waals surface area contributed by atoms with Gasteiger partial charge in [0.1, 0.15) is 0 Å². The van der Waals surface area contributed by atoms with Gasteiger partial charge in [0.25, 0.3) is 0 Å². The van der Waals surface area contributed by atoms with Crippen molar-refractivity contribution in [2.45, 2.75) is 13.0 Å². The van der Waals surface area contributed by atoms with Gasteiger partial charge in [-0.15, -0.1) is 0 Å². The zero-order valence-electron chi connectivity index (χ0n) is 11.7. The van der Waals surface area contributed by atoms with E-state index in [4.69, 9.17) is 0 Å². The van der Waals surface area contributed by atoms with E-state index in [0.29, 0.717) is 0 Å². The molecule has 3 rings (SSSR count). The van der Waals surface area contributed by atoms with Crippen LogP contribution in [-0.2, 0) is 6.54 Å². The van der Waals surface area contributed by atoms with Gasteiger partial charge in [-0.3, -0.25) is 4.90 Å². The minimum atomic E-state index is 1.03. The first-order valence-corrected chi connectivity index (χ1v) is 8.69. The summed E-state index contributed by atoms with van der Waals surface area (Å²) in [7, 11) is 0. The van der Waals surface area contributed by atoms with Gasteiger partial charge in [0.15, 0.2) is 0 Å². The van der Waals surface area contributed by atoms with Crippen molar-refractivity contribution in [2.75, 3.05) is 13.1 Å². The van der Waals surface area contributed by atoms with Crippen LogP contribution in [0, 0.1) is 0 Å². The average molecular weight is 407 g/mol. The van der Waals surface area contributed by atoms with Crippen LogP contribution < -0.4 is 0 Å². The number of benzene rings is 2. The Kier molecular flexibility index (Phi) is 4.94. The van der Waals surface area contributed by atoms with Crippen molar-refractivity contribution in [1.82, 2.24) is 4.90 Å². The van der Waals surface area contributed by atoms with Crippen LogP contribution in [0.5, 0.6) is 0 Å². The van der Waals surface area contributed by atoms with E-state index in [1.807, 2.05) is 0 Å². The Morgan fingerprint density at radius 1 is 0.905 bits per heavy atom. The van der Waals surface area contributed by atoms with Gasteiger partial charge in [-0.25, -0.2) is 0 Å².